The van der Waals surface area contributed by atoms with Crippen molar-refractivity contribution in [3.63, 3.8) is 0 Å². The van der Waals surface area contributed by atoms with Crippen molar-refractivity contribution in [1.82, 2.24) is 5.32 Å². The molecule has 1 heterocycles. The zero-order chi connectivity index (χ0) is 12.3. The van der Waals surface area contributed by atoms with Gasteiger partial charge >= 0.3 is 0 Å². The number of aromatic hydroxyl groups is 1. The molecular formula is C13H18BrNO2. The van der Waals surface area contributed by atoms with Crippen LogP contribution in [0, 0.1) is 0 Å². The molecule has 0 spiro atoms. The van der Waals surface area contributed by atoms with Gasteiger partial charge in [0.15, 0.2) is 0 Å². The first-order valence-electron chi connectivity index (χ1n) is 5.89. The first-order chi connectivity index (χ1) is 8.09. The van der Waals surface area contributed by atoms with Crippen LogP contribution in [-0.2, 0) is 11.3 Å². The largest absolute Gasteiger partial charge is 0.507 e. The second kappa shape index (κ2) is 5.38. The third-order valence-electron chi connectivity index (χ3n) is 3.17. The number of ether oxygens (including phenoxy) is 1. The third kappa shape index (κ3) is 3.44. The molecule has 1 aromatic carbocycles. The summed E-state index contributed by atoms with van der Waals surface area (Å²) >= 11 is 3.32. The van der Waals surface area contributed by atoms with E-state index in [9.17, 15) is 5.11 Å². The van der Waals surface area contributed by atoms with Crippen molar-refractivity contribution in [2.75, 3.05) is 13.2 Å². The van der Waals surface area contributed by atoms with Gasteiger partial charge in [-0.3, -0.25) is 0 Å². The summed E-state index contributed by atoms with van der Waals surface area (Å²) in [4.78, 5) is 0. The Morgan fingerprint density at radius 2 is 2.35 bits per heavy atom. The molecule has 1 aliphatic heterocycles. The lowest BCUT2D eigenvalue weighted by molar-refractivity contribution is 0.0278. The summed E-state index contributed by atoms with van der Waals surface area (Å²) in [6.45, 7) is 4.63. The average molecular weight is 300 g/mol. The van der Waals surface area contributed by atoms with Crippen molar-refractivity contribution in [3.8, 4) is 5.75 Å². The highest BCUT2D eigenvalue weighted by atomic mass is 79.9. The van der Waals surface area contributed by atoms with Gasteiger partial charge in [0.25, 0.3) is 0 Å². The second-order valence-corrected chi connectivity index (χ2v) is 5.71. The average Bonchev–Trinajstić information content (AvgIpc) is 2.32. The Hall–Kier alpha value is -0.580. The molecule has 0 amide bonds. The van der Waals surface area contributed by atoms with Gasteiger partial charge in [0, 0.05) is 18.7 Å². The predicted octanol–water partition coefficient (Wildman–Crippen LogP) is 2.81. The lowest BCUT2D eigenvalue weighted by atomic mass is 9.94. The predicted molar refractivity (Wildman–Crippen MR) is 71.1 cm³/mol. The number of rotatable bonds is 3. The van der Waals surface area contributed by atoms with Crippen LogP contribution in [0.15, 0.2) is 22.7 Å². The van der Waals surface area contributed by atoms with Gasteiger partial charge in [-0.15, -0.1) is 0 Å². The first kappa shape index (κ1) is 12.9. The Kier molecular flexibility index (Phi) is 4.07. The summed E-state index contributed by atoms with van der Waals surface area (Å²) in [7, 11) is 0. The highest BCUT2D eigenvalue weighted by molar-refractivity contribution is 9.10. The van der Waals surface area contributed by atoms with Crippen LogP contribution in [0.25, 0.3) is 0 Å². The molecule has 0 bridgehead atoms. The van der Waals surface area contributed by atoms with Gasteiger partial charge in [0.2, 0.25) is 0 Å². The molecule has 17 heavy (non-hydrogen) atoms. The minimum Gasteiger partial charge on any atom is -0.507 e. The maximum atomic E-state index is 9.42. The van der Waals surface area contributed by atoms with Gasteiger partial charge in [-0.25, -0.2) is 0 Å². The summed E-state index contributed by atoms with van der Waals surface area (Å²) in [6.07, 6.45) is 2.26. The van der Waals surface area contributed by atoms with Crippen LogP contribution < -0.4 is 5.32 Å². The molecule has 2 N–H and O–H groups in total. The van der Waals surface area contributed by atoms with E-state index in [-0.39, 0.29) is 11.3 Å². The molecule has 0 radical (unpaired) electrons. The summed E-state index contributed by atoms with van der Waals surface area (Å²) in [5, 5.41) is 13.0. The number of hydrogen-bond acceptors (Lipinski definition) is 3. The van der Waals surface area contributed by atoms with Crippen LogP contribution in [0.4, 0.5) is 0 Å². The molecule has 4 heteroatoms. The van der Waals surface area contributed by atoms with Crippen LogP contribution in [0.5, 0.6) is 5.75 Å². The molecule has 1 atom stereocenters. The van der Waals surface area contributed by atoms with E-state index in [1.807, 2.05) is 12.1 Å². The number of halogens is 1. The van der Waals surface area contributed by atoms with Gasteiger partial charge in [-0.05, 0) is 53.4 Å². The van der Waals surface area contributed by atoms with E-state index in [2.05, 4.69) is 28.2 Å². The van der Waals surface area contributed by atoms with E-state index < -0.39 is 0 Å². The lowest BCUT2D eigenvalue weighted by Gasteiger charge is -2.34. The van der Waals surface area contributed by atoms with E-state index in [1.165, 1.54) is 0 Å². The second-order valence-electron chi connectivity index (χ2n) is 4.86. The number of hydrogen-bond donors (Lipinski definition) is 2. The normalized spacial score (nSPS) is 24.8. The molecule has 2 rings (SSSR count). The smallest absolute Gasteiger partial charge is 0.129 e. The Morgan fingerprint density at radius 1 is 1.53 bits per heavy atom. The highest BCUT2D eigenvalue weighted by Gasteiger charge is 2.26. The fraction of sp³-hybridized carbons (Fsp3) is 0.538. The van der Waals surface area contributed by atoms with Crippen LogP contribution in [0.3, 0.4) is 0 Å². The van der Waals surface area contributed by atoms with Crippen molar-refractivity contribution in [2.45, 2.75) is 31.8 Å². The number of benzene rings is 1. The summed E-state index contributed by atoms with van der Waals surface area (Å²) in [6, 6.07) is 5.58. The summed E-state index contributed by atoms with van der Waals surface area (Å²) in [5.41, 5.74) is 1.23. The fourth-order valence-corrected chi connectivity index (χ4v) is 2.48. The maximum absolute atomic E-state index is 9.42. The molecular weight excluding hydrogens is 282 g/mol. The molecule has 1 saturated heterocycles. The number of nitrogens with one attached hydrogen (secondary N) is 1. The van der Waals surface area contributed by atoms with Crippen molar-refractivity contribution in [2.24, 2.45) is 0 Å². The van der Waals surface area contributed by atoms with Gasteiger partial charge in [-0.2, -0.15) is 0 Å². The molecule has 1 fully saturated rings. The van der Waals surface area contributed by atoms with Crippen molar-refractivity contribution in [3.05, 3.63) is 28.2 Å². The van der Waals surface area contributed by atoms with Crippen LogP contribution in [-0.4, -0.2) is 23.9 Å². The van der Waals surface area contributed by atoms with Gasteiger partial charge in [0.1, 0.15) is 5.75 Å². The van der Waals surface area contributed by atoms with Crippen LogP contribution in [0.2, 0.25) is 0 Å². The molecule has 1 aromatic rings. The van der Waals surface area contributed by atoms with Crippen LogP contribution >= 0.6 is 15.9 Å². The zero-order valence-corrected chi connectivity index (χ0v) is 11.6. The standard InChI is InChI=1S/C13H18BrNO2/c1-13(5-2-6-17-9-13)15-8-10-3-4-12(16)11(14)7-10/h3-4,7,15-16H,2,5-6,8-9H2,1H3. The summed E-state index contributed by atoms with van der Waals surface area (Å²) in [5.74, 6) is 0.279. The van der Waals surface area contributed by atoms with Crippen molar-refractivity contribution >= 4 is 15.9 Å². The SMILES string of the molecule is CC1(NCc2ccc(O)c(Br)c2)CCCOC1. The molecule has 0 aromatic heterocycles. The lowest BCUT2D eigenvalue weighted by Crippen LogP contribution is -2.48. The Bertz CT molecular complexity index is 389. The molecule has 3 nitrogen and oxygen atoms in total. The molecule has 0 saturated carbocycles. The molecule has 1 unspecified atom stereocenters. The zero-order valence-electron chi connectivity index (χ0n) is 10.0. The van der Waals surface area contributed by atoms with Crippen molar-refractivity contribution < 1.29 is 9.84 Å². The van der Waals surface area contributed by atoms with Gasteiger partial charge < -0.3 is 15.2 Å². The fourth-order valence-electron chi connectivity index (χ4n) is 2.05. The van der Waals surface area contributed by atoms with E-state index >= 15 is 0 Å². The quantitative estimate of drug-likeness (QED) is 0.902. The van der Waals surface area contributed by atoms with E-state index in [0.29, 0.717) is 0 Å². The van der Waals surface area contributed by atoms with Crippen LogP contribution in [0.1, 0.15) is 25.3 Å². The Labute approximate surface area is 110 Å². The third-order valence-corrected chi connectivity index (χ3v) is 3.80. The molecule has 1 aliphatic rings. The topological polar surface area (TPSA) is 41.5 Å². The van der Waals surface area contributed by atoms with Gasteiger partial charge in [0.05, 0.1) is 11.1 Å². The molecule has 0 aliphatic carbocycles. The minimum atomic E-state index is 0.0720. The van der Waals surface area contributed by atoms with E-state index in [0.717, 1.165) is 42.6 Å². The monoisotopic (exact) mass is 299 g/mol. The first-order valence-corrected chi connectivity index (χ1v) is 6.69. The van der Waals surface area contributed by atoms with E-state index in [4.69, 9.17) is 4.74 Å². The van der Waals surface area contributed by atoms with E-state index in [1.54, 1.807) is 6.07 Å². The number of phenolic OH excluding ortho intramolecular Hbond substituents is 1. The van der Waals surface area contributed by atoms with Crippen molar-refractivity contribution in [1.29, 1.82) is 0 Å². The van der Waals surface area contributed by atoms with Gasteiger partial charge in [-0.1, -0.05) is 6.07 Å². The molecule has 94 valence electrons. The number of phenols is 1. The maximum Gasteiger partial charge on any atom is 0.129 e. The summed E-state index contributed by atoms with van der Waals surface area (Å²) < 4.78 is 6.24. The Morgan fingerprint density at radius 3 is 3.00 bits per heavy atom. The Balaban J connectivity index is 1.94. The highest BCUT2D eigenvalue weighted by Crippen LogP contribution is 2.25. The minimum absolute atomic E-state index is 0.0720.